The minimum atomic E-state index is -0.730. The van der Waals surface area contributed by atoms with Crippen LogP contribution in [0.25, 0.3) is 0 Å². The van der Waals surface area contributed by atoms with E-state index >= 15 is 0 Å². The van der Waals surface area contributed by atoms with E-state index in [2.05, 4.69) is 20.8 Å². The maximum atomic E-state index is 11.5. The Morgan fingerprint density at radius 1 is 1.56 bits per heavy atom. The van der Waals surface area contributed by atoms with Crippen LogP contribution < -0.4 is 16.4 Å². The van der Waals surface area contributed by atoms with Gasteiger partial charge >= 0.3 is 6.03 Å². The highest BCUT2D eigenvalue weighted by Crippen LogP contribution is 2.08. The maximum absolute atomic E-state index is 11.5. The molecule has 18 heavy (non-hydrogen) atoms. The number of nitrogens with one attached hydrogen (secondary N) is 2. The standard InChI is InChI=1S/C10H18N6O2/c1-3-4-16-6-13-15-9(16)7(2)14-8(17)5-12-10(11)18/h6-7H,3-5H2,1-2H3,(H,14,17)(H3,11,12,18)/t7-/m1/s1. The van der Waals surface area contributed by atoms with Gasteiger partial charge in [-0.25, -0.2) is 4.79 Å². The Hall–Kier alpha value is -2.12. The predicted molar refractivity (Wildman–Crippen MR) is 64.5 cm³/mol. The second-order valence-electron chi connectivity index (χ2n) is 3.89. The average Bonchev–Trinajstić information content (AvgIpc) is 2.75. The van der Waals surface area contributed by atoms with Gasteiger partial charge in [0.1, 0.15) is 6.33 Å². The summed E-state index contributed by atoms with van der Waals surface area (Å²) in [5, 5.41) is 12.7. The number of primary amides is 1. The van der Waals surface area contributed by atoms with Crippen LogP contribution in [0.1, 0.15) is 32.1 Å². The highest BCUT2D eigenvalue weighted by Gasteiger charge is 2.15. The molecular formula is C10H18N6O2. The lowest BCUT2D eigenvalue weighted by atomic mass is 10.3. The number of hydrogen-bond donors (Lipinski definition) is 3. The lowest BCUT2D eigenvalue weighted by Gasteiger charge is -2.14. The van der Waals surface area contributed by atoms with Crippen LogP contribution in [0, 0.1) is 0 Å². The lowest BCUT2D eigenvalue weighted by Crippen LogP contribution is -2.40. The van der Waals surface area contributed by atoms with Gasteiger partial charge in [-0.15, -0.1) is 10.2 Å². The first-order valence-corrected chi connectivity index (χ1v) is 5.75. The third-order valence-corrected chi connectivity index (χ3v) is 2.30. The topological polar surface area (TPSA) is 115 Å². The van der Waals surface area contributed by atoms with Gasteiger partial charge in [-0.3, -0.25) is 4.79 Å². The second kappa shape index (κ2) is 6.58. The van der Waals surface area contributed by atoms with E-state index in [0.29, 0.717) is 5.82 Å². The fraction of sp³-hybridized carbons (Fsp3) is 0.600. The number of nitrogens with two attached hydrogens (primary N) is 1. The molecule has 0 aromatic carbocycles. The zero-order valence-electron chi connectivity index (χ0n) is 10.5. The fourth-order valence-electron chi connectivity index (χ4n) is 1.54. The highest BCUT2D eigenvalue weighted by molar-refractivity contribution is 5.83. The van der Waals surface area contributed by atoms with Crippen molar-refractivity contribution in [1.29, 1.82) is 0 Å². The van der Waals surface area contributed by atoms with Crippen molar-refractivity contribution >= 4 is 11.9 Å². The van der Waals surface area contributed by atoms with E-state index in [0.717, 1.165) is 13.0 Å². The van der Waals surface area contributed by atoms with E-state index < -0.39 is 6.03 Å². The first kappa shape index (κ1) is 13.9. The molecule has 0 bridgehead atoms. The first-order chi connectivity index (χ1) is 8.54. The van der Waals surface area contributed by atoms with Crippen LogP contribution in [0.5, 0.6) is 0 Å². The van der Waals surface area contributed by atoms with Gasteiger partial charge in [0.25, 0.3) is 0 Å². The van der Waals surface area contributed by atoms with Gasteiger partial charge in [-0.05, 0) is 13.3 Å². The monoisotopic (exact) mass is 254 g/mol. The molecule has 3 amide bonds. The number of urea groups is 1. The Balaban J connectivity index is 2.53. The number of carbonyl (C=O) groups excluding carboxylic acids is 2. The first-order valence-electron chi connectivity index (χ1n) is 5.75. The van der Waals surface area contributed by atoms with Crippen molar-refractivity contribution < 1.29 is 9.59 Å². The molecule has 0 saturated carbocycles. The van der Waals surface area contributed by atoms with Crippen LogP contribution in [0.2, 0.25) is 0 Å². The molecule has 1 atom stereocenters. The fourth-order valence-corrected chi connectivity index (χ4v) is 1.54. The van der Waals surface area contributed by atoms with E-state index in [1.54, 1.807) is 13.3 Å². The molecule has 1 heterocycles. The molecule has 0 aliphatic heterocycles. The zero-order chi connectivity index (χ0) is 13.5. The molecule has 0 spiro atoms. The number of nitrogens with zero attached hydrogens (tertiary/aromatic N) is 3. The van der Waals surface area contributed by atoms with E-state index in [9.17, 15) is 9.59 Å². The number of amides is 3. The number of carbonyl (C=O) groups is 2. The average molecular weight is 254 g/mol. The van der Waals surface area contributed by atoms with Gasteiger partial charge in [0, 0.05) is 6.54 Å². The molecule has 8 nitrogen and oxygen atoms in total. The summed E-state index contributed by atoms with van der Waals surface area (Å²) < 4.78 is 1.88. The molecule has 0 radical (unpaired) electrons. The highest BCUT2D eigenvalue weighted by atomic mass is 16.2. The number of hydrogen-bond acceptors (Lipinski definition) is 4. The Labute approximate surface area is 105 Å². The van der Waals surface area contributed by atoms with Crippen LogP contribution >= 0.6 is 0 Å². The lowest BCUT2D eigenvalue weighted by molar-refractivity contribution is -0.120. The number of aromatic nitrogens is 3. The molecule has 0 aliphatic carbocycles. The van der Waals surface area contributed by atoms with Crippen LogP contribution in [-0.4, -0.2) is 33.2 Å². The third-order valence-electron chi connectivity index (χ3n) is 2.30. The smallest absolute Gasteiger partial charge is 0.312 e. The quantitative estimate of drug-likeness (QED) is 0.636. The van der Waals surface area contributed by atoms with Gasteiger partial charge in [-0.1, -0.05) is 6.92 Å². The Kier molecular flexibility index (Phi) is 5.09. The van der Waals surface area contributed by atoms with Crippen molar-refractivity contribution in [2.75, 3.05) is 6.54 Å². The molecule has 0 fully saturated rings. The normalized spacial score (nSPS) is 11.9. The van der Waals surface area contributed by atoms with E-state index in [1.165, 1.54) is 0 Å². The molecule has 0 aliphatic rings. The van der Waals surface area contributed by atoms with Crippen LogP contribution in [0.3, 0.4) is 0 Å². The van der Waals surface area contributed by atoms with E-state index in [1.807, 2.05) is 11.5 Å². The van der Waals surface area contributed by atoms with E-state index in [4.69, 9.17) is 5.73 Å². The summed E-state index contributed by atoms with van der Waals surface area (Å²) in [7, 11) is 0. The Morgan fingerprint density at radius 3 is 2.89 bits per heavy atom. The summed E-state index contributed by atoms with van der Waals surface area (Å²) in [5.41, 5.74) is 4.87. The van der Waals surface area contributed by atoms with Crippen molar-refractivity contribution in [1.82, 2.24) is 25.4 Å². The predicted octanol–water partition coefficient (Wildman–Crippen LogP) is -0.466. The van der Waals surface area contributed by atoms with Crippen LogP contribution in [-0.2, 0) is 11.3 Å². The molecule has 0 unspecified atom stereocenters. The van der Waals surface area contributed by atoms with Crippen molar-refractivity contribution in [3.63, 3.8) is 0 Å². The molecule has 8 heteroatoms. The summed E-state index contributed by atoms with van der Waals surface area (Å²) in [6.45, 7) is 4.49. The SMILES string of the molecule is CCCn1cnnc1[C@@H](C)NC(=O)CNC(N)=O. The van der Waals surface area contributed by atoms with Crippen molar-refractivity contribution in [3.8, 4) is 0 Å². The van der Waals surface area contributed by atoms with Gasteiger partial charge in [0.2, 0.25) is 5.91 Å². The molecule has 1 aromatic rings. The van der Waals surface area contributed by atoms with Crippen molar-refractivity contribution in [3.05, 3.63) is 12.2 Å². The summed E-state index contributed by atoms with van der Waals surface area (Å²) in [6.07, 6.45) is 2.58. The summed E-state index contributed by atoms with van der Waals surface area (Å²) in [4.78, 5) is 21.9. The molecular weight excluding hydrogens is 236 g/mol. The maximum Gasteiger partial charge on any atom is 0.312 e. The number of aryl methyl sites for hydroxylation is 1. The largest absolute Gasteiger partial charge is 0.352 e. The van der Waals surface area contributed by atoms with Gasteiger partial charge in [0.05, 0.1) is 12.6 Å². The van der Waals surface area contributed by atoms with Crippen molar-refractivity contribution in [2.45, 2.75) is 32.9 Å². The molecule has 0 saturated heterocycles. The molecule has 100 valence electrons. The van der Waals surface area contributed by atoms with Gasteiger partial charge < -0.3 is 20.9 Å². The summed E-state index contributed by atoms with van der Waals surface area (Å²) in [5.74, 6) is 0.358. The van der Waals surface area contributed by atoms with Crippen LogP contribution in [0.4, 0.5) is 4.79 Å². The van der Waals surface area contributed by atoms with Crippen LogP contribution in [0.15, 0.2) is 6.33 Å². The third kappa shape index (κ3) is 4.04. The van der Waals surface area contributed by atoms with Gasteiger partial charge in [0.15, 0.2) is 5.82 Å². The Morgan fingerprint density at radius 2 is 2.28 bits per heavy atom. The molecule has 1 aromatic heterocycles. The zero-order valence-corrected chi connectivity index (χ0v) is 10.5. The Bertz CT molecular complexity index is 416. The molecule has 4 N–H and O–H groups in total. The van der Waals surface area contributed by atoms with Crippen molar-refractivity contribution in [2.24, 2.45) is 5.73 Å². The minimum Gasteiger partial charge on any atom is -0.352 e. The summed E-state index contributed by atoms with van der Waals surface area (Å²) in [6, 6.07) is -1.01. The van der Waals surface area contributed by atoms with E-state index in [-0.39, 0.29) is 18.5 Å². The minimum absolute atomic E-state index is 0.151. The number of rotatable bonds is 6. The summed E-state index contributed by atoms with van der Waals surface area (Å²) >= 11 is 0. The van der Waals surface area contributed by atoms with Gasteiger partial charge in [-0.2, -0.15) is 0 Å². The molecule has 1 rings (SSSR count). The second-order valence-corrected chi connectivity index (χ2v) is 3.89.